The predicted octanol–water partition coefficient (Wildman–Crippen LogP) is 4.64. The van der Waals surface area contributed by atoms with Crippen molar-refractivity contribution in [2.45, 2.75) is 54.0 Å². The van der Waals surface area contributed by atoms with Gasteiger partial charge in [-0.1, -0.05) is 57.5 Å². The van der Waals surface area contributed by atoms with Gasteiger partial charge in [-0.05, 0) is 38.4 Å². The molecule has 0 fully saturated rings. The lowest BCUT2D eigenvalue weighted by molar-refractivity contribution is 0.266. The van der Waals surface area contributed by atoms with Crippen LogP contribution in [0.25, 0.3) is 0 Å². The minimum Gasteiger partial charge on any atom is -0.299 e. The van der Waals surface area contributed by atoms with E-state index in [9.17, 15) is 0 Å². The summed E-state index contributed by atoms with van der Waals surface area (Å²) in [5, 5.41) is 0. The van der Waals surface area contributed by atoms with Crippen LogP contribution in [0.15, 0.2) is 24.3 Å². The van der Waals surface area contributed by atoms with Crippen molar-refractivity contribution in [3.05, 3.63) is 35.4 Å². The minimum absolute atomic E-state index is 1.10. The topological polar surface area (TPSA) is 3.24 Å². The molecule has 0 bridgehead atoms. The van der Waals surface area contributed by atoms with Gasteiger partial charge in [0, 0.05) is 6.54 Å². The Morgan fingerprint density at radius 1 is 0.882 bits per heavy atom. The van der Waals surface area contributed by atoms with E-state index in [1.807, 2.05) is 13.8 Å². The van der Waals surface area contributed by atoms with Crippen molar-refractivity contribution >= 4 is 0 Å². The van der Waals surface area contributed by atoms with E-state index in [-0.39, 0.29) is 0 Å². The molecule has 0 spiro atoms. The highest BCUT2D eigenvalue weighted by molar-refractivity contribution is 5.21. The van der Waals surface area contributed by atoms with E-state index in [4.69, 9.17) is 0 Å². The Morgan fingerprint density at radius 2 is 1.35 bits per heavy atom. The standard InChI is InChI=1S/C14H23N.C2H6/c1-4-10-15(11-5-2)12-14-8-6-13(3)7-9-14;1-2/h6-9H,4-5,10-12H2,1-3H3;1-2H3. The van der Waals surface area contributed by atoms with Crippen LogP contribution in [0.4, 0.5) is 0 Å². The maximum absolute atomic E-state index is 2.53. The number of rotatable bonds is 6. The van der Waals surface area contributed by atoms with E-state index in [1.165, 1.54) is 37.1 Å². The van der Waals surface area contributed by atoms with Gasteiger partial charge < -0.3 is 0 Å². The Kier molecular flexibility index (Phi) is 9.84. The zero-order chi connectivity index (χ0) is 13.1. The lowest BCUT2D eigenvalue weighted by Crippen LogP contribution is -2.24. The fraction of sp³-hybridized carbons (Fsp3) is 0.625. The second-order valence-electron chi connectivity index (χ2n) is 4.26. The van der Waals surface area contributed by atoms with Gasteiger partial charge in [-0.25, -0.2) is 0 Å². The molecule has 1 nitrogen and oxygen atoms in total. The van der Waals surface area contributed by atoms with Gasteiger partial charge in [0.2, 0.25) is 0 Å². The van der Waals surface area contributed by atoms with Crippen molar-refractivity contribution in [3.63, 3.8) is 0 Å². The summed E-state index contributed by atoms with van der Waals surface area (Å²) in [6, 6.07) is 8.89. The summed E-state index contributed by atoms with van der Waals surface area (Å²) in [4.78, 5) is 2.53. The number of benzene rings is 1. The van der Waals surface area contributed by atoms with Gasteiger partial charge in [0.1, 0.15) is 0 Å². The summed E-state index contributed by atoms with van der Waals surface area (Å²) in [7, 11) is 0. The Balaban J connectivity index is 0.00000121. The van der Waals surface area contributed by atoms with Crippen LogP contribution in [-0.2, 0) is 6.54 Å². The molecular weight excluding hydrogens is 206 g/mol. The molecule has 0 heterocycles. The fourth-order valence-corrected chi connectivity index (χ4v) is 1.85. The summed E-state index contributed by atoms with van der Waals surface area (Å²) in [5.74, 6) is 0. The first kappa shape index (κ1) is 16.2. The Labute approximate surface area is 108 Å². The fourth-order valence-electron chi connectivity index (χ4n) is 1.85. The van der Waals surface area contributed by atoms with Crippen molar-refractivity contribution in [3.8, 4) is 0 Å². The molecule has 0 atom stereocenters. The van der Waals surface area contributed by atoms with Crippen LogP contribution >= 0.6 is 0 Å². The van der Waals surface area contributed by atoms with E-state index in [0.29, 0.717) is 0 Å². The first-order chi connectivity index (χ1) is 8.26. The van der Waals surface area contributed by atoms with E-state index in [0.717, 1.165) is 6.54 Å². The van der Waals surface area contributed by atoms with Crippen molar-refractivity contribution in [1.29, 1.82) is 0 Å². The lowest BCUT2D eigenvalue weighted by atomic mass is 10.1. The number of aryl methyl sites for hydroxylation is 1. The smallest absolute Gasteiger partial charge is 0.0233 e. The zero-order valence-corrected chi connectivity index (χ0v) is 12.3. The second-order valence-corrected chi connectivity index (χ2v) is 4.26. The summed E-state index contributed by atoms with van der Waals surface area (Å²) in [6.07, 6.45) is 2.48. The first-order valence-corrected chi connectivity index (χ1v) is 7.04. The number of nitrogens with zero attached hydrogens (tertiary/aromatic N) is 1. The molecule has 0 aliphatic heterocycles. The largest absolute Gasteiger partial charge is 0.299 e. The van der Waals surface area contributed by atoms with Gasteiger partial charge in [0.15, 0.2) is 0 Å². The van der Waals surface area contributed by atoms with E-state index in [1.54, 1.807) is 0 Å². The highest BCUT2D eigenvalue weighted by Gasteiger charge is 2.03. The Hall–Kier alpha value is -0.820. The molecule has 1 rings (SSSR count). The molecule has 0 aliphatic rings. The first-order valence-electron chi connectivity index (χ1n) is 7.04. The van der Waals surface area contributed by atoms with Gasteiger partial charge in [-0.2, -0.15) is 0 Å². The monoisotopic (exact) mass is 235 g/mol. The maximum Gasteiger partial charge on any atom is 0.0233 e. The molecule has 17 heavy (non-hydrogen) atoms. The number of hydrogen-bond acceptors (Lipinski definition) is 1. The quantitative estimate of drug-likeness (QED) is 0.694. The van der Waals surface area contributed by atoms with E-state index < -0.39 is 0 Å². The minimum atomic E-state index is 1.10. The summed E-state index contributed by atoms with van der Waals surface area (Å²) >= 11 is 0. The Morgan fingerprint density at radius 3 is 1.76 bits per heavy atom. The SMILES string of the molecule is CC.CCCN(CCC)Cc1ccc(C)cc1. The molecule has 0 unspecified atom stereocenters. The van der Waals surface area contributed by atoms with Crippen LogP contribution < -0.4 is 0 Å². The average molecular weight is 235 g/mol. The van der Waals surface area contributed by atoms with Gasteiger partial charge in [0.25, 0.3) is 0 Å². The van der Waals surface area contributed by atoms with Crippen LogP contribution in [0.3, 0.4) is 0 Å². The van der Waals surface area contributed by atoms with Crippen molar-refractivity contribution < 1.29 is 0 Å². The molecule has 1 aromatic carbocycles. The highest BCUT2D eigenvalue weighted by atomic mass is 15.1. The van der Waals surface area contributed by atoms with Crippen LogP contribution in [0, 0.1) is 6.92 Å². The molecular formula is C16H29N. The van der Waals surface area contributed by atoms with Crippen LogP contribution in [0.1, 0.15) is 51.7 Å². The molecule has 1 aromatic rings. The number of hydrogen-bond donors (Lipinski definition) is 0. The molecule has 0 radical (unpaired) electrons. The molecule has 1 heteroatoms. The molecule has 0 N–H and O–H groups in total. The molecule has 0 saturated carbocycles. The third-order valence-corrected chi connectivity index (χ3v) is 2.61. The molecule has 0 saturated heterocycles. The third-order valence-electron chi connectivity index (χ3n) is 2.61. The van der Waals surface area contributed by atoms with Crippen LogP contribution in [0.5, 0.6) is 0 Å². The summed E-state index contributed by atoms with van der Waals surface area (Å²) < 4.78 is 0. The van der Waals surface area contributed by atoms with E-state index in [2.05, 4.69) is 49.9 Å². The van der Waals surface area contributed by atoms with Gasteiger partial charge in [0.05, 0.1) is 0 Å². The molecule has 0 amide bonds. The van der Waals surface area contributed by atoms with Gasteiger partial charge in [-0.15, -0.1) is 0 Å². The Bertz CT molecular complexity index is 257. The van der Waals surface area contributed by atoms with Crippen LogP contribution in [-0.4, -0.2) is 18.0 Å². The molecule has 0 aromatic heterocycles. The predicted molar refractivity (Wildman–Crippen MR) is 78.4 cm³/mol. The normalized spacial score (nSPS) is 10.0. The molecule has 98 valence electrons. The lowest BCUT2D eigenvalue weighted by Gasteiger charge is -2.20. The van der Waals surface area contributed by atoms with Crippen molar-refractivity contribution in [2.24, 2.45) is 0 Å². The van der Waals surface area contributed by atoms with Gasteiger partial charge >= 0.3 is 0 Å². The third kappa shape index (κ3) is 7.17. The summed E-state index contributed by atoms with van der Waals surface area (Å²) in [5.41, 5.74) is 2.78. The van der Waals surface area contributed by atoms with Crippen LogP contribution in [0.2, 0.25) is 0 Å². The molecule has 0 aliphatic carbocycles. The van der Waals surface area contributed by atoms with Gasteiger partial charge in [-0.3, -0.25) is 4.90 Å². The van der Waals surface area contributed by atoms with Crippen molar-refractivity contribution in [2.75, 3.05) is 13.1 Å². The second kappa shape index (κ2) is 10.3. The van der Waals surface area contributed by atoms with E-state index >= 15 is 0 Å². The van der Waals surface area contributed by atoms with Crippen molar-refractivity contribution in [1.82, 2.24) is 4.90 Å². The summed E-state index contributed by atoms with van der Waals surface area (Å²) in [6.45, 7) is 14.2. The zero-order valence-electron chi connectivity index (χ0n) is 12.3. The highest BCUT2D eigenvalue weighted by Crippen LogP contribution is 2.07. The maximum atomic E-state index is 2.53. The average Bonchev–Trinajstić information content (AvgIpc) is 2.35.